The van der Waals surface area contributed by atoms with E-state index in [1.165, 1.54) is 43.3 Å². The maximum absolute atomic E-state index is 4.84. The summed E-state index contributed by atoms with van der Waals surface area (Å²) in [5.41, 5.74) is 4.49. The van der Waals surface area contributed by atoms with Crippen LogP contribution < -0.4 is 0 Å². The van der Waals surface area contributed by atoms with Crippen molar-refractivity contribution in [2.75, 3.05) is 0 Å². The van der Waals surface area contributed by atoms with Gasteiger partial charge in [-0.1, -0.05) is 19.3 Å². The van der Waals surface area contributed by atoms with Crippen LogP contribution in [0, 0.1) is 0 Å². The molecule has 1 saturated carbocycles. The van der Waals surface area contributed by atoms with E-state index in [0.29, 0.717) is 5.92 Å². The Bertz CT molecular complexity index is 688. The number of hydrogen-bond acceptors (Lipinski definition) is 2. The second-order valence-electron chi connectivity index (χ2n) is 5.19. The topological polar surface area (TPSA) is 46.0 Å². The lowest BCUT2D eigenvalue weighted by Gasteiger charge is -2.21. The molecule has 1 aliphatic carbocycles. The highest BCUT2D eigenvalue weighted by atomic mass is 15.0. The summed E-state index contributed by atoms with van der Waals surface area (Å²) in [6.45, 7) is 0. The van der Waals surface area contributed by atoms with E-state index in [9.17, 15) is 0 Å². The maximum Gasteiger partial charge on any atom is 0.154 e. The highest BCUT2D eigenvalue weighted by Gasteiger charge is 2.21. The van der Waals surface area contributed by atoms with Gasteiger partial charge in [0.1, 0.15) is 0 Å². The predicted molar refractivity (Wildman–Crippen MR) is 70.7 cm³/mol. The van der Waals surface area contributed by atoms with Crippen LogP contribution in [0.4, 0.5) is 0 Å². The minimum absolute atomic E-state index is 0.602. The molecule has 0 unspecified atom stereocenters. The van der Waals surface area contributed by atoms with E-state index < -0.39 is 0 Å². The Hall–Kier alpha value is -1.84. The molecule has 4 nitrogen and oxygen atoms in total. The molecule has 3 heterocycles. The van der Waals surface area contributed by atoms with Crippen LogP contribution in [0.2, 0.25) is 0 Å². The summed E-state index contributed by atoms with van der Waals surface area (Å²) in [4.78, 5) is 12.4. The van der Waals surface area contributed by atoms with E-state index in [4.69, 9.17) is 4.98 Å². The van der Waals surface area contributed by atoms with E-state index in [1.807, 2.05) is 18.7 Å². The van der Waals surface area contributed by atoms with Crippen molar-refractivity contribution in [1.82, 2.24) is 19.4 Å². The van der Waals surface area contributed by atoms with E-state index in [2.05, 4.69) is 20.4 Å². The first kappa shape index (κ1) is 10.1. The summed E-state index contributed by atoms with van der Waals surface area (Å²) in [7, 11) is 0. The van der Waals surface area contributed by atoms with Crippen molar-refractivity contribution in [2.24, 2.45) is 0 Å². The number of nitrogens with zero attached hydrogens (tertiary/aromatic N) is 3. The fourth-order valence-corrected chi connectivity index (χ4v) is 3.17. The Morgan fingerprint density at radius 2 is 2.06 bits per heavy atom. The normalized spacial score (nSPS) is 17.8. The molecule has 3 aromatic heterocycles. The van der Waals surface area contributed by atoms with Crippen LogP contribution in [0.15, 0.2) is 24.8 Å². The lowest BCUT2D eigenvalue weighted by atomic mass is 9.86. The summed E-state index contributed by atoms with van der Waals surface area (Å²) < 4.78 is 2.16. The lowest BCUT2D eigenvalue weighted by Crippen LogP contribution is -2.08. The molecule has 0 aliphatic heterocycles. The zero-order chi connectivity index (χ0) is 11.9. The predicted octanol–water partition coefficient (Wildman–Crippen LogP) is 3.26. The molecule has 0 atom stereocenters. The zero-order valence-electron chi connectivity index (χ0n) is 10.3. The molecule has 0 spiro atoms. The number of aromatic nitrogens is 4. The first-order chi connectivity index (χ1) is 8.93. The molecule has 0 bridgehead atoms. The number of imidazole rings is 1. The van der Waals surface area contributed by atoms with Crippen LogP contribution in [0.1, 0.15) is 43.7 Å². The van der Waals surface area contributed by atoms with Crippen molar-refractivity contribution >= 4 is 16.7 Å². The van der Waals surface area contributed by atoms with Crippen molar-refractivity contribution in [3.8, 4) is 0 Å². The lowest BCUT2D eigenvalue weighted by molar-refractivity contribution is 0.439. The highest BCUT2D eigenvalue weighted by molar-refractivity contribution is 5.76. The Morgan fingerprint density at radius 3 is 2.94 bits per heavy atom. The van der Waals surface area contributed by atoms with Gasteiger partial charge in [0, 0.05) is 12.1 Å². The molecule has 18 heavy (non-hydrogen) atoms. The number of H-pyrrole nitrogens is 1. The van der Waals surface area contributed by atoms with Gasteiger partial charge in [-0.15, -0.1) is 0 Å². The quantitative estimate of drug-likeness (QED) is 0.709. The third kappa shape index (κ3) is 1.38. The van der Waals surface area contributed by atoms with Gasteiger partial charge < -0.3 is 4.98 Å². The molecule has 0 saturated heterocycles. The average Bonchev–Trinajstić information content (AvgIpc) is 3.06. The van der Waals surface area contributed by atoms with Crippen molar-refractivity contribution in [1.29, 1.82) is 0 Å². The van der Waals surface area contributed by atoms with Crippen LogP contribution >= 0.6 is 0 Å². The van der Waals surface area contributed by atoms with Gasteiger partial charge in [0.2, 0.25) is 0 Å². The fourth-order valence-electron chi connectivity index (χ4n) is 3.17. The molecule has 92 valence electrons. The molecule has 1 fully saturated rings. The van der Waals surface area contributed by atoms with Crippen LogP contribution in [0.5, 0.6) is 0 Å². The minimum atomic E-state index is 0.602. The van der Waals surface area contributed by atoms with Crippen molar-refractivity contribution in [3.63, 3.8) is 0 Å². The van der Waals surface area contributed by atoms with Crippen LogP contribution in [0.3, 0.4) is 0 Å². The van der Waals surface area contributed by atoms with Gasteiger partial charge in [0.25, 0.3) is 0 Å². The molecular formula is C14H16N4. The third-order valence-electron chi connectivity index (χ3n) is 4.09. The second kappa shape index (κ2) is 3.83. The minimum Gasteiger partial charge on any atom is -0.345 e. The van der Waals surface area contributed by atoms with Gasteiger partial charge >= 0.3 is 0 Å². The van der Waals surface area contributed by atoms with Crippen molar-refractivity contribution in [3.05, 3.63) is 30.5 Å². The molecule has 4 rings (SSSR count). The zero-order valence-corrected chi connectivity index (χ0v) is 10.3. The Balaban J connectivity index is 1.97. The molecule has 0 aromatic carbocycles. The Kier molecular flexibility index (Phi) is 2.15. The van der Waals surface area contributed by atoms with Gasteiger partial charge in [0.05, 0.1) is 29.3 Å². The molecule has 0 amide bonds. The molecule has 4 heteroatoms. The third-order valence-corrected chi connectivity index (χ3v) is 4.09. The fraction of sp³-hybridized carbons (Fsp3) is 0.429. The SMILES string of the molecule is c1cc2c(nc(C3CCCCC3)c3cncn32)[nH]1. The first-order valence-electron chi connectivity index (χ1n) is 6.72. The summed E-state index contributed by atoms with van der Waals surface area (Å²) in [5, 5.41) is 0. The highest BCUT2D eigenvalue weighted by Crippen LogP contribution is 2.34. The van der Waals surface area contributed by atoms with Gasteiger partial charge in [-0.05, 0) is 18.9 Å². The number of rotatable bonds is 1. The smallest absolute Gasteiger partial charge is 0.154 e. The summed E-state index contributed by atoms with van der Waals surface area (Å²) in [6.07, 6.45) is 12.3. The number of hydrogen-bond donors (Lipinski definition) is 1. The maximum atomic E-state index is 4.84. The largest absolute Gasteiger partial charge is 0.345 e. The van der Waals surface area contributed by atoms with E-state index in [1.54, 1.807) is 0 Å². The average molecular weight is 240 g/mol. The standard InChI is InChI=1S/C14H16N4/c1-2-4-10(5-3-1)13-12-8-15-9-18(12)11-6-7-16-14(11)17-13/h6-10,16H,1-5H2. The van der Waals surface area contributed by atoms with Crippen molar-refractivity contribution < 1.29 is 0 Å². The second-order valence-corrected chi connectivity index (χ2v) is 5.19. The molecule has 1 aliphatic rings. The number of aromatic amines is 1. The van der Waals surface area contributed by atoms with Gasteiger partial charge in [-0.25, -0.2) is 9.97 Å². The summed E-state index contributed by atoms with van der Waals surface area (Å²) >= 11 is 0. The number of nitrogens with one attached hydrogen (secondary N) is 1. The monoisotopic (exact) mass is 240 g/mol. The van der Waals surface area contributed by atoms with E-state index in [0.717, 1.165) is 11.2 Å². The first-order valence-corrected chi connectivity index (χ1v) is 6.72. The van der Waals surface area contributed by atoms with Gasteiger partial charge in [-0.3, -0.25) is 4.40 Å². The molecule has 0 radical (unpaired) electrons. The van der Waals surface area contributed by atoms with Crippen LogP contribution in [-0.4, -0.2) is 19.4 Å². The molecule has 3 aromatic rings. The van der Waals surface area contributed by atoms with Gasteiger partial charge in [0.15, 0.2) is 5.65 Å². The summed E-state index contributed by atoms with van der Waals surface area (Å²) in [6, 6.07) is 2.06. The van der Waals surface area contributed by atoms with Crippen LogP contribution in [0.25, 0.3) is 16.7 Å². The Labute approximate surface area is 105 Å². The van der Waals surface area contributed by atoms with Gasteiger partial charge in [-0.2, -0.15) is 0 Å². The molecule has 1 N–H and O–H groups in total. The van der Waals surface area contributed by atoms with E-state index >= 15 is 0 Å². The summed E-state index contributed by atoms with van der Waals surface area (Å²) in [5.74, 6) is 0.602. The van der Waals surface area contributed by atoms with E-state index in [-0.39, 0.29) is 0 Å². The van der Waals surface area contributed by atoms with Crippen molar-refractivity contribution in [2.45, 2.75) is 38.0 Å². The van der Waals surface area contributed by atoms with Crippen LogP contribution in [-0.2, 0) is 0 Å². The number of fused-ring (bicyclic) bond motifs is 3. The molecular weight excluding hydrogens is 224 g/mol. The Morgan fingerprint density at radius 1 is 1.17 bits per heavy atom.